The van der Waals surface area contributed by atoms with Gasteiger partial charge in [-0.2, -0.15) is 0 Å². The molecule has 21 heavy (non-hydrogen) atoms. The van der Waals surface area contributed by atoms with Gasteiger partial charge in [-0.1, -0.05) is 61.4 Å². The van der Waals surface area contributed by atoms with Crippen LogP contribution in [0.2, 0.25) is 0 Å². The van der Waals surface area contributed by atoms with Crippen LogP contribution < -0.4 is 10.6 Å². The molecule has 0 spiro atoms. The molecular formula is C19H24N2. The van der Waals surface area contributed by atoms with Crippen molar-refractivity contribution >= 4 is 5.69 Å². The lowest BCUT2D eigenvalue weighted by atomic mass is 9.97. The summed E-state index contributed by atoms with van der Waals surface area (Å²) in [7, 11) is 0. The molecule has 1 aliphatic rings. The van der Waals surface area contributed by atoms with E-state index in [2.05, 4.69) is 53.4 Å². The van der Waals surface area contributed by atoms with Gasteiger partial charge in [0.2, 0.25) is 0 Å². The first-order valence-electron chi connectivity index (χ1n) is 8.00. The predicted octanol–water partition coefficient (Wildman–Crippen LogP) is 4.12. The summed E-state index contributed by atoms with van der Waals surface area (Å²) in [5.74, 6) is 0. The fraction of sp³-hybridized carbons (Fsp3) is 0.368. The number of para-hydroxylation sites is 1. The fourth-order valence-corrected chi connectivity index (χ4v) is 3.19. The summed E-state index contributed by atoms with van der Waals surface area (Å²) in [6, 6.07) is 19.0. The maximum atomic E-state index is 6.54. The molecule has 1 fully saturated rings. The normalized spacial score (nSPS) is 17.3. The van der Waals surface area contributed by atoms with Gasteiger partial charge in [-0.15, -0.1) is 0 Å². The smallest absolute Gasteiger partial charge is 0.0572 e. The van der Waals surface area contributed by atoms with Crippen LogP contribution >= 0.6 is 0 Å². The highest BCUT2D eigenvalue weighted by Gasteiger charge is 2.17. The highest BCUT2D eigenvalue weighted by molar-refractivity contribution is 5.57. The third-order valence-corrected chi connectivity index (χ3v) is 4.38. The van der Waals surface area contributed by atoms with Crippen molar-refractivity contribution in [3.63, 3.8) is 0 Å². The summed E-state index contributed by atoms with van der Waals surface area (Å²) in [6.07, 6.45) is 5.27. The molecule has 1 heterocycles. The maximum Gasteiger partial charge on any atom is 0.0572 e. The minimum Gasteiger partial charge on any atom is -0.371 e. The summed E-state index contributed by atoms with van der Waals surface area (Å²) in [5, 5.41) is 0. The van der Waals surface area contributed by atoms with Crippen molar-refractivity contribution < 1.29 is 0 Å². The van der Waals surface area contributed by atoms with E-state index < -0.39 is 0 Å². The van der Waals surface area contributed by atoms with Gasteiger partial charge < -0.3 is 10.6 Å². The second-order valence-electron chi connectivity index (χ2n) is 5.85. The number of benzene rings is 2. The number of nitrogens with two attached hydrogens (primary N) is 1. The number of nitrogens with zero attached hydrogens (tertiary/aromatic N) is 1. The van der Waals surface area contributed by atoms with E-state index in [1.807, 2.05) is 6.07 Å². The van der Waals surface area contributed by atoms with Crippen LogP contribution in [0.3, 0.4) is 0 Å². The van der Waals surface area contributed by atoms with Gasteiger partial charge in [0.25, 0.3) is 0 Å². The molecule has 1 saturated heterocycles. The highest BCUT2D eigenvalue weighted by Crippen LogP contribution is 2.30. The Labute approximate surface area is 127 Å². The first-order valence-corrected chi connectivity index (χ1v) is 8.00. The molecule has 1 unspecified atom stereocenters. The minimum atomic E-state index is -0.0503. The molecule has 2 nitrogen and oxygen atoms in total. The van der Waals surface area contributed by atoms with E-state index >= 15 is 0 Å². The van der Waals surface area contributed by atoms with Gasteiger partial charge in [-0.3, -0.25) is 0 Å². The molecule has 1 atom stereocenters. The van der Waals surface area contributed by atoms with Crippen molar-refractivity contribution in [2.75, 3.05) is 18.0 Å². The SMILES string of the molecule is NC(c1ccccc1)c1ccccc1N1CCCCCC1. The number of hydrogen-bond acceptors (Lipinski definition) is 2. The molecule has 0 saturated carbocycles. The lowest BCUT2D eigenvalue weighted by Gasteiger charge is -2.27. The van der Waals surface area contributed by atoms with Gasteiger partial charge in [0.1, 0.15) is 0 Å². The topological polar surface area (TPSA) is 29.3 Å². The minimum absolute atomic E-state index is 0.0503. The molecular weight excluding hydrogens is 256 g/mol. The Morgan fingerprint density at radius 1 is 0.762 bits per heavy atom. The largest absolute Gasteiger partial charge is 0.371 e. The summed E-state index contributed by atoms with van der Waals surface area (Å²) in [4.78, 5) is 2.52. The first kappa shape index (κ1) is 14.2. The monoisotopic (exact) mass is 280 g/mol. The zero-order valence-corrected chi connectivity index (χ0v) is 12.5. The molecule has 1 aliphatic heterocycles. The lowest BCUT2D eigenvalue weighted by molar-refractivity contribution is 0.726. The van der Waals surface area contributed by atoms with Gasteiger partial charge in [-0.25, -0.2) is 0 Å². The number of rotatable bonds is 3. The predicted molar refractivity (Wildman–Crippen MR) is 89.6 cm³/mol. The molecule has 2 aromatic rings. The average Bonchev–Trinajstić information content (AvgIpc) is 2.84. The van der Waals surface area contributed by atoms with Crippen LogP contribution in [0.15, 0.2) is 54.6 Å². The first-order chi connectivity index (χ1) is 10.4. The van der Waals surface area contributed by atoms with Gasteiger partial charge in [-0.05, 0) is 30.0 Å². The number of hydrogen-bond donors (Lipinski definition) is 1. The molecule has 0 aromatic heterocycles. The Morgan fingerprint density at radius 3 is 2.10 bits per heavy atom. The Hall–Kier alpha value is -1.80. The Balaban J connectivity index is 1.92. The molecule has 2 aromatic carbocycles. The summed E-state index contributed by atoms with van der Waals surface area (Å²) < 4.78 is 0. The van der Waals surface area contributed by atoms with E-state index in [1.165, 1.54) is 42.5 Å². The van der Waals surface area contributed by atoms with E-state index in [0.717, 1.165) is 13.1 Å². The van der Waals surface area contributed by atoms with Crippen molar-refractivity contribution in [3.8, 4) is 0 Å². The van der Waals surface area contributed by atoms with Gasteiger partial charge in [0.05, 0.1) is 6.04 Å². The van der Waals surface area contributed by atoms with Crippen LogP contribution in [-0.4, -0.2) is 13.1 Å². The maximum absolute atomic E-state index is 6.54. The molecule has 2 heteroatoms. The van der Waals surface area contributed by atoms with E-state index in [4.69, 9.17) is 5.73 Å². The molecule has 0 bridgehead atoms. The van der Waals surface area contributed by atoms with E-state index in [0.29, 0.717) is 0 Å². The van der Waals surface area contributed by atoms with Crippen molar-refractivity contribution in [1.82, 2.24) is 0 Å². The summed E-state index contributed by atoms with van der Waals surface area (Å²) in [5.41, 5.74) is 10.3. The second kappa shape index (κ2) is 6.77. The van der Waals surface area contributed by atoms with Crippen LogP contribution in [0.4, 0.5) is 5.69 Å². The molecule has 0 amide bonds. The van der Waals surface area contributed by atoms with Crippen molar-refractivity contribution in [1.29, 1.82) is 0 Å². The van der Waals surface area contributed by atoms with E-state index in [9.17, 15) is 0 Å². The standard InChI is InChI=1S/C19H24N2/c20-19(16-10-4-3-5-11-16)17-12-6-7-13-18(17)21-14-8-1-2-9-15-21/h3-7,10-13,19H,1-2,8-9,14-15,20H2. The third-order valence-electron chi connectivity index (χ3n) is 4.38. The van der Waals surface area contributed by atoms with Crippen molar-refractivity contribution in [2.24, 2.45) is 5.73 Å². The summed E-state index contributed by atoms with van der Waals surface area (Å²) in [6.45, 7) is 2.30. The Morgan fingerprint density at radius 2 is 1.38 bits per heavy atom. The van der Waals surface area contributed by atoms with Gasteiger partial charge in [0.15, 0.2) is 0 Å². The molecule has 0 radical (unpaired) electrons. The molecule has 3 rings (SSSR count). The van der Waals surface area contributed by atoms with E-state index in [1.54, 1.807) is 0 Å². The van der Waals surface area contributed by atoms with Crippen LogP contribution in [0, 0.1) is 0 Å². The van der Waals surface area contributed by atoms with E-state index in [-0.39, 0.29) is 6.04 Å². The van der Waals surface area contributed by atoms with Gasteiger partial charge >= 0.3 is 0 Å². The molecule has 0 aliphatic carbocycles. The van der Waals surface area contributed by atoms with Crippen molar-refractivity contribution in [3.05, 3.63) is 65.7 Å². The Bertz CT molecular complexity index is 557. The fourth-order valence-electron chi connectivity index (χ4n) is 3.19. The number of anilines is 1. The summed E-state index contributed by atoms with van der Waals surface area (Å²) >= 11 is 0. The zero-order chi connectivity index (χ0) is 14.5. The molecule has 2 N–H and O–H groups in total. The van der Waals surface area contributed by atoms with Crippen LogP contribution in [-0.2, 0) is 0 Å². The lowest BCUT2D eigenvalue weighted by Crippen LogP contribution is -2.26. The van der Waals surface area contributed by atoms with Gasteiger partial charge in [0, 0.05) is 18.8 Å². The highest BCUT2D eigenvalue weighted by atomic mass is 15.1. The average molecular weight is 280 g/mol. The van der Waals surface area contributed by atoms with Crippen LogP contribution in [0.25, 0.3) is 0 Å². The van der Waals surface area contributed by atoms with Crippen LogP contribution in [0.1, 0.15) is 42.9 Å². The quantitative estimate of drug-likeness (QED) is 0.916. The third kappa shape index (κ3) is 3.27. The second-order valence-corrected chi connectivity index (χ2v) is 5.85. The van der Waals surface area contributed by atoms with Crippen LogP contribution in [0.5, 0.6) is 0 Å². The molecule has 110 valence electrons. The Kier molecular flexibility index (Phi) is 4.56. The zero-order valence-electron chi connectivity index (χ0n) is 12.5. The van der Waals surface area contributed by atoms with Crippen molar-refractivity contribution in [2.45, 2.75) is 31.7 Å².